The summed E-state index contributed by atoms with van der Waals surface area (Å²) in [6.07, 6.45) is 3.08. The number of hydrogen-bond acceptors (Lipinski definition) is 3. The zero-order chi connectivity index (χ0) is 15.1. The summed E-state index contributed by atoms with van der Waals surface area (Å²) >= 11 is 0. The Morgan fingerprint density at radius 2 is 2.32 bits per heavy atom. The van der Waals surface area contributed by atoms with Gasteiger partial charge in [0.25, 0.3) is 5.91 Å². The second-order valence-electron chi connectivity index (χ2n) is 5.87. The maximum atomic E-state index is 12.0. The summed E-state index contributed by atoms with van der Waals surface area (Å²) in [7, 11) is 0. The third-order valence-electron chi connectivity index (χ3n) is 3.92. The number of ether oxygens (including phenoxy) is 1. The molecule has 1 saturated heterocycles. The summed E-state index contributed by atoms with van der Waals surface area (Å²) in [5.74, 6) is 1.39. The fourth-order valence-electron chi connectivity index (χ4n) is 2.66. The Bertz CT molecular complexity index is 462. The average molecular weight is 327 g/mol. The van der Waals surface area contributed by atoms with E-state index in [1.54, 1.807) is 6.92 Å². The highest BCUT2D eigenvalue weighted by molar-refractivity contribution is 5.85. The Labute approximate surface area is 139 Å². The van der Waals surface area contributed by atoms with Gasteiger partial charge in [-0.05, 0) is 69.8 Å². The number of piperidine rings is 1. The van der Waals surface area contributed by atoms with Crippen molar-refractivity contribution in [3.05, 3.63) is 29.8 Å². The zero-order valence-electron chi connectivity index (χ0n) is 13.4. The number of rotatable bonds is 6. The molecule has 1 aliphatic heterocycles. The van der Waals surface area contributed by atoms with Crippen molar-refractivity contribution in [1.29, 1.82) is 0 Å². The van der Waals surface area contributed by atoms with Crippen molar-refractivity contribution in [2.45, 2.75) is 39.2 Å². The molecule has 1 amide bonds. The molecule has 1 aromatic rings. The van der Waals surface area contributed by atoms with Crippen molar-refractivity contribution >= 4 is 18.3 Å². The predicted molar refractivity (Wildman–Crippen MR) is 91.7 cm³/mol. The van der Waals surface area contributed by atoms with Gasteiger partial charge in [-0.2, -0.15) is 0 Å². The molecule has 1 aromatic carbocycles. The van der Waals surface area contributed by atoms with E-state index in [0.29, 0.717) is 5.92 Å². The van der Waals surface area contributed by atoms with Gasteiger partial charge in [-0.3, -0.25) is 4.79 Å². The monoisotopic (exact) mass is 326 g/mol. The quantitative estimate of drug-likeness (QED) is 0.845. The summed E-state index contributed by atoms with van der Waals surface area (Å²) in [5.41, 5.74) is 1.13. The molecule has 22 heavy (non-hydrogen) atoms. The number of carbonyl (C=O) groups is 1. The van der Waals surface area contributed by atoms with E-state index < -0.39 is 6.10 Å². The third kappa shape index (κ3) is 6.24. The molecule has 0 saturated carbocycles. The van der Waals surface area contributed by atoms with Gasteiger partial charge in [0.1, 0.15) is 5.75 Å². The SMILES string of the molecule is Cc1cccc(OC(C)C(=O)NCCC2CCCNC2)c1.Cl. The molecule has 1 fully saturated rings. The summed E-state index contributed by atoms with van der Waals surface area (Å²) in [5, 5.41) is 6.37. The number of halogens is 1. The molecule has 2 unspecified atom stereocenters. The van der Waals surface area contributed by atoms with Gasteiger partial charge in [-0.1, -0.05) is 12.1 Å². The number of nitrogens with one attached hydrogen (secondary N) is 2. The molecule has 2 N–H and O–H groups in total. The Hall–Kier alpha value is -1.26. The van der Waals surface area contributed by atoms with Gasteiger partial charge in [0.2, 0.25) is 0 Å². The molecule has 0 spiro atoms. The van der Waals surface area contributed by atoms with Crippen LogP contribution in [-0.4, -0.2) is 31.6 Å². The molecule has 1 aliphatic rings. The fourth-order valence-corrected chi connectivity index (χ4v) is 2.66. The van der Waals surface area contributed by atoms with Crippen molar-refractivity contribution in [3.63, 3.8) is 0 Å². The van der Waals surface area contributed by atoms with Gasteiger partial charge in [-0.15, -0.1) is 12.4 Å². The molecular formula is C17H27ClN2O2. The minimum Gasteiger partial charge on any atom is -0.481 e. The first-order valence-electron chi connectivity index (χ1n) is 7.87. The molecule has 124 valence electrons. The van der Waals surface area contributed by atoms with Crippen LogP contribution in [0.2, 0.25) is 0 Å². The number of hydrogen-bond donors (Lipinski definition) is 2. The molecule has 0 aromatic heterocycles. The van der Waals surface area contributed by atoms with Crippen LogP contribution in [-0.2, 0) is 4.79 Å². The highest BCUT2D eigenvalue weighted by Crippen LogP contribution is 2.15. The highest BCUT2D eigenvalue weighted by Gasteiger charge is 2.16. The van der Waals surface area contributed by atoms with Crippen LogP contribution in [0.15, 0.2) is 24.3 Å². The second-order valence-corrected chi connectivity index (χ2v) is 5.87. The van der Waals surface area contributed by atoms with Gasteiger partial charge < -0.3 is 15.4 Å². The predicted octanol–water partition coefficient (Wildman–Crippen LogP) is 2.69. The van der Waals surface area contributed by atoms with Gasteiger partial charge >= 0.3 is 0 Å². The molecule has 2 atom stereocenters. The lowest BCUT2D eigenvalue weighted by Gasteiger charge is -2.23. The van der Waals surface area contributed by atoms with Gasteiger partial charge in [-0.25, -0.2) is 0 Å². The van der Waals surface area contributed by atoms with Crippen LogP contribution in [0.3, 0.4) is 0 Å². The first-order valence-corrected chi connectivity index (χ1v) is 7.87. The van der Waals surface area contributed by atoms with E-state index in [1.165, 1.54) is 12.8 Å². The van der Waals surface area contributed by atoms with Crippen LogP contribution in [0, 0.1) is 12.8 Å². The van der Waals surface area contributed by atoms with Crippen LogP contribution < -0.4 is 15.4 Å². The molecule has 0 bridgehead atoms. The first kappa shape index (κ1) is 18.8. The van der Waals surface area contributed by atoms with E-state index in [-0.39, 0.29) is 18.3 Å². The molecule has 5 heteroatoms. The minimum atomic E-state index is -0.462. The topological polar surface area (TPSA) is 50.4 Å². The standard InChI is InChI=1S/C17H26N2O2.ClH/c1-13-5-3-7-16(11-13)21-14(2)17(20)19-10-8-15-6-4-9-18-12-15;/h3,5,7,11,14-15,18H,4,6,8-10,12H2,1-2H3,(H,19,20);1H. The van der Waals surface area contributed by atoms with E-state index in [1.807, 2.05) is 31.2 Å². The maximum Gasteiger partial charge on any atom is 0.260 e. The number of aryl methyl sites for hydroxylation is 1. The Kier molecular flexibility index (Phi) is 8.28. The van der Waals surface area contributed by atoms with Crippen molar-refractivity contribution in [1.82, 2.24) is 10.6 Å². The first-order chi connectivity index (χ1) is 10.1. The molecule has 2 rings (SSSR count). The van der Waals surface area contributed by atoms with Crippen molar-refractivity contribution in [2.75, 3.05) is 19.6 Å². The van der Waals surface area contributed by atoms with Crippen LogP contribution in [0.4, 0.5) is 0 Å². The van der Waals surface area contributed by atoms with Crippen LogP contribution in [0.1, 0.15) is 31.7 Å². The van der Waals surface area contributed by atoms with Crippen molar-refractivity contribution in [3.8, 4) is 5.75 Å². The molecule has 0 aliphatic carbocycles. The largest absolute Gasteiger partial charge is 0.481 e. The van der Waals surface area contributed by atoms with Gasteiger partial charge in [0.15, 0.2) is 6.10 Å². The Balaban J connectivity index is 0.00000242. The maximum absolute atomic E-state index is 12.0. The Morgan fingerprint density at radius 3 is 3.00 bits per heavy atom. The average Bonchev–Trinajstić information content (AvgIpc) is 2.48. The number of amides is 1. The van der Waals surface area contributed by atoms with Crippen LogP contribution >= 0.6 is 12.4 Å². The normalized spacial score (nSPS) is 18.9. The van der Waals surface area contributed by atoms with E-state index in [4.69, 9.17) is 4.74 Å². The van der Waals surface area contributed by atoms with Gasteiger partial charge in [0, 0.05) is 6.54 Å². The highest BCUT2D eigenvalue weighted by atomic mass is 35.5. The van der Waals surface area contributed by atoms with E-state index >= 15 is 0 Å². The van der Waals surface area contributed by atoms with Crippen LogP contribution in [0.25, 0.3) is 0 Å². The molecule has 4 nitrogen and oxygen atoms in total. The fraction of sp³-hybridized carbons (Fsp3) is 0.588. The van der Waals surface area contributed by atoms with E-state index in [2.05, 4.69) is 10.6 Å². The molecule has 1 heterocycles. The third-order valence-corrected chi connectivity index (χ3v) is 3.92. The lowest BCUT2D eigenvalue weighted by atomic mass is 9.96. The molecule has 0 radical (unpaired) electrons. The Morgan fingerprint density at radius 1 is 1.50 bits per heavy atom. The summed E-state index contributed by atoms with van der Waals surface area (Å²) in [6.45, 7) is 6.73. The smallest absolute Gasteiger partial charge is 0.260 e. The van der Waals surface area contributed by atoms with Crippen molar-refractivity contribution in [2.24, 2.45) is 5.92 Å². The summed E-state index contributed by atoms with van der Waals surface area (Å²) in [4.78, 5) is 12.0. The lowest BCUT2D eigenvalue weighted by Crippen LogP contribution is -2.38. The van der Waals surface area contributed by atoms with Crippen LogP contribution in [0.5, 0.6) is 5.75 Å². The van der Waals surface area contributed by atoms with E-state index in [0.717, 1.165) is 37.4 Å². The minimum absolute atomic E-state index is 0. The second kappa shape index (κ2) is 9.70. The summed E-state index contributed by atoms with van der Waals surface area (Å²) < 4.78 is 5.68. The van der Waals surface area contributed by atoms with Gasteiger partial charge in [0.05, 0.1) is 0 Å². The number of benzene rings is 1. The van der Waals surface area contributed by atoms with Crippen molar-refractivity contribution < 1.29 is 9.53 Å². The molecular weight excluding hydrogens is 300 g/mol. The zero-order valence-corrected chi connectivity index (χ0v) is 14.2. The lowest BCUT2D eigenvalue weighted by molar-refractivity contribution is -0.127. The summed E-state index contributed by atoms with van der Waals surface area (Å²) in [6, 6.07) is 7.77. The number of carbonyl (C=O) groups excluding carboxylic acids is 1. The van der Waals surface area contributed by atoms with E-state index in [9.17, 15) is 4.79 Å².